The predicted octanol–water partition coefficient (Wildman–Crippen LogP) is 0.181. The molecule has 100 valence electrons. The Morgan fingerprint density at radius 3 is 2.29 bits per heavy atom. The third kappa shape index (κ3) is 7.73. The number of hydrogen-bond acceptors (Lipinski definition) is 4. The van der Waals surface area contributed by atoms with Crippen molar-refractivity contribution < 1.29 is 23.1 Å². The van der Waals surface area contributed by atoms with Gasteiger partial charge in [0.15, 0.2) is 9.84 Å². The summed E-state index contributed by atoms with van der Waals surface area (Å²) < 4.78 is 23.2. The van der Waals surface area contributed by atoms with Crippen LogP contribution in [0.3, 0.4) is 0 Å². The highest BCUT2D eigenvalue weighted by molar-refractivity contribution is 7.91. The smallest absolute Gasteiger partial charge is 0.327 e. The van der Waals surface area contributed by atoms with Crippen LogP contribution in [0, 0.1) is 0 Å². The summed E-state index contributed by atoms with van der Waals surface area (Å²) in [6.07, 6.45) is 2.20. The number of carbonyl (C=O) groups is 2. The Morgan fingerprint density at radius 2 is 1.88 bits per heavy atom. The molecule has 0 aromatic rings. The minimum Gasteiger partial charge on any atom is -0.480 e. The maximum absolute atomic E-state index is 11.6. The van der Waals surface area contributed by atoms with E-state index in [1.54, 1.807) is 0 Å². The highest BCUT2D eigenvalue weighted by atomic mass is 32.2. The fourth-order valence-corrected chi connectivity index (χ4v) is 2.87. The number of carboxylic acids is 1. The number of amides is 1. The maximum Gasteiger partial charge on any atom is 0.327 e. The van der Waals surface area contributed by atoms with Gasteiger partial charge in [-0.05, 0) is 6.42 Å². The van der Waals surface area contributed by atoms with E-state index in [9.17, 15) is 18.0 Å². The van der Waals surface area contributed by atoms with E-state index in [0.29, 0.717) is 6.42 Å². The fourth-order valence-electron chi connectivity index (χ4n) is 1.33. The van der Waals surface area contributed by atoms with Gasteiger partial charge >= 0.3 is 5.97 Å². The lowest BCUT2D eigenvalue weighted by Gasteiger charge is -2.13. The normalized spacial score (nSPS) is 13.1. The average Bonchev–Trinajstić information content (AvgIpc) is 2.15. The zero-order chi connectivity index (χ0) is 13.5. The van der Waals surface area contributed by atoms with Crippen LogP contribution >= 0.6 is 0 Å². The van der Waals surface area contributed by atoms with Gasteiger partial charge in [0.05, 0.1) is 11.5 Å². The van der Waals surface area contributed by atoms with Crippen molar-refractivity contribution in [1.29, 1.82) is 0 Å². The van der Waals surface area contributed by atoms with E-state index in [0.717, 1.165) is 19.8 Å². The van der Waals surface area contributed by atoms with Gasteiger partial charge in [0.2, 0.25) is 5.91 Å². The van der Waals surface area contributed by atoms with Crippen LogP contribution in [-0.4, -0.2) is 42.9 Å². The molecule has 0 saturated heterocycles. The second-order valence-corrected chi connectivity index (χ2v) is 6.14. The van der Waals surface area contributed by atoms with Gasteiger partial charge in [-0.3, -0.25) is 4.79 Å². The lowest BCUT2D eigenvalue weighted by molar-refractivity contribution is -0.140. The summed E-state index contributed by atoms with van der Waals surface area (Å²) in [6, 6.07) is -1.36. The van der Waals surface area contributed by atoms with E-state index in [1.165, 1.54) is 0 Å². The van der Waals surface area contributed by atoms with Crippen molar-refractivity contribution in [3.8, 4) is 0 Å². The molecule has 7 heteroatoms. The standard InChI is InChI=1S/C10H19NO5S/c1-3-4-5-6-17(15,16)7-9(10(13)14)11-8(2)12/h9H,3-7H2,1-2H3,(H,11,12)(H,13,14). The van der Waals surface area contributed by atoms with E-state index in [4.69, 9.17) is 5.11 Å². The number of sulfone groups is 1. The van der Waals surface area contributed by atoms with Crippen molar-refractivity contribution in [3.05, 3.63) is 0 Å². The van der Waals surface area contributed by atoms with Crippen molar-refractivity contribution >= 4 is 21.7 Å². The van der Waals surface area contributed by atoms with Crippen LogP contribution in [0.4, 0.5) is 0 Å². The quantitative estimate of drug-likeness (QED) is 0.610. The predicted molar refractivity (Wildman–Crippen MR) is 63.4 cm³/mol. The SMILES string of the molecule is CCCCCS(=O)(=O)CC(NC(C)=O)C(=O)O. The lowest BCUT2D eigenvalue weighted by Crippen LogP contribution is -2.44. The first kappa shape index (κ1) is 15.9. The molecular weight excluding hydrogens is 246 g/mol. The first-order valence-corrected chi connectivity index (χ1v) is 7.31. The Balaban J connectivity index is 4.42. The molecule has 0 spiro atoms. The summed E-state index contributed by atoms with van der Waals surface area (Å²) in [5.74, 6) is -2.48. The molecule has 0 fully saturated rings. The van der Waals surface area contributed by atoms with E-state index < -0.39 is 33.5 Å². The van der Waals surface area contributed by atoms with E-state index >= 15 is 0 Å². The minimum absolute atomic E-state index is 0.0375. The van der Waals surface area contributed by atoms with Crippen molar-refractivity contribution in [1.82, 2.24) is 5.32 Å². The Morgan fingerprint density at radius 1 is 1.29 bits per heavy atom. The summed E-state index contributed by atoms with van der Waals surface area (Å²) in [4.78, 5) is 21.5. The van der Waals surface area contributed by atoms with Crippen LogP contribution < -0.4 is 5.32 Å². The second kappa shape index (κ2) is 7.26. The van der Waals surface area contributed by atoms with Crippen LogP contribution in [0.2, 0.25) is 0 Å². The largest absolute Gasteiger partial charge is 0.480 e. The summed E-state index contributed by atoms with van der Waals surface area (Å²) >= 11 is 0. The molecule has 6 nitrogen and oxygen atoms in total. The third-order valence-corrected chi connectivity index (χ3v) is 3.91. The van der Waals surface area contributed by atoms with Crippen molar-refractivity contribution in [2.75, 3.05) is 11.5 Å². The molecule has 2 N–H and O–H groups in total. The molecule has 0 heterocycles. The second-order valence-electron chi connectivity index (χ2n) is 3.91. The molecule has 0 rings (SSSR count). The molecule has 0 saturated carbocycles. The Hall–Kier alpha value is -1.11. The van der Waals surface area contributed by atoms with Gasteiger partial charge in [-0.1, -0.05) is 19.8 Å². The summed E-state index contributed by atoms with van der Waals surface area (Å²) in [5.41, 5.74) is 0. The molecule has 1 amide bonds. The zero-order valence-corrected chi connectivity index (χ0v) is 10.9. The molecule has 0 aromatic carbocycles. The van der Waals surface area contributed by atoms with Crippen molar-refractivity contribution in [2.24, 2.45) is 0 Å². The van der Waals surface area contributed by atoms with E-state index in [2.05, 4.69) is 5.32 Å². The summed E-state index contributed by atoms with van der Waals surface area (Å²) in [5, 5.41) is 10.9. The molecule has 0 aliphatic rings. The Kier molecular flexibility index (Phi) is 6.79. The van der Waals surface area contributed by atoms with Crippen molar-refractivity contribution in [3.63, 3.8) is 0 Å². The Bertz CT molecular complexity index is 363. The number of hydrogen-bond donors (Lipinski definition) is 2. The number of unbranched alkanes of at least 4 members (excludes halogenated alkanes) is 2. The first-order chi connectivity index (χ1) is 7.78. The van der Waals surface area contributed by atoms with Crippen molar-refractivity contribution in [2.45, 2.75) is 39.2 Å². The minimum atomic E-state index is -3.44. The monoisotopic (exact) mass is 265 g/mol. The fraction of sp³-hybridized carbons (Fsp3) is 0.800. The highest BCUT2D eigenvalue weighted by Gasteiger charge is 2.25. The molecule has 1 unspecified atom stereocenters. The van der Waals surface area contributed by atoms with E-state index in [1.807, 2.05) is 6.92 Å². The lowest BCUT2D eigenvalue weighted by atomic mass is 10.3. The van der Waals surface area contributed by atoms with Crippen LogP contribution in [0.15, 0.2) is 0 Å². The summed E-state index contributed by atoms with van der Waals surface area (Å²) in [7, 11) is -3.44. The molecule has 0 aliphatic heterocycles. The zero-order valence-electron chi connectivity index (χ0n) is 10.1. The van der Waals surface area contributed by atoms with Crippen LogP contribution in [0.25, 0.3) is 0 Å². The third-order valence-electron chi connectivity index (χ3n) is 2.16. The number of nitrogens with one attached hydrogen (secondary N) is 1. The first-order valence-electron chi connectivity index (χ1n) is 5.49. The van der Waals surface area contributed by atoms with E-state index in [-0.39, 0.29) is 5.75 Å². The molecule has 1 atom stereocenters. The van der Waals surface area contributed by atoms with Crippen LogP contribution in [0.5, 0.6) is 0 Å². The number of carboxylic acid groups (broad SMARTS) is 1. The topological polar surface area (TPSA) is 101 Å². The Labute approximate surface area is 101 Å². The van der Waals surface area contributed by atoms with Gasteiger partial charge in [-0.25, -0.2) is 13.2 Å². The molecule has 0 radical (unpaired) electrons. The number of carbonyl (C=O) groups excluding carboxylic acids is 1. The van der Waals surface area contributed by atoms with Gasteiger partial charge in [0.25, 0.3) is 0 Å². The van der Waals surface area contributed by atoms with Gasteiger partial charge in [-0.15, -0.1) is 0 Å². The van der Waals surface area contributed by atoms with Gasteiger partial charge < -0.3 is 10.4 Å². The summed E-state index contributed by atoms with van der Waals surface area (Å²) in [6.45, 7) is 3.10. The van der Waals surface area contributed by atoms with Gasteiger partial charge in [-0.2, -0.15) is 0 Å². The highest BCUT2D eigenvalue weighted by Crippen LogP contribution is 2.02. The average molecular weight is 265 g/mol. The molecular formula is C10H19NO5S. The maximum atomic E-state index is 11.6. The van der Waals surface area contributed by atoms with Crippen LogP contribution in [0.1, 0.15) is 33.1 Å². The molecule has 0 aliphatic carbocycles. The van der Waals surface area contributed by atoms with Crippen LogP contribution in [-0.2, 0) is 19.4 Å². The molecule has 0 aromatic heterocycles. The molecule has 17 heavy (non-hydrogen) atoms. The number of aliphatic carboxylic acids is 1. The molecule has 0 bridgehead atoms. The van der Waals surface area contributed by atoms with Gasteiger partial charge in [0, 0.05) is 6.92 Å². The number of rotatable bonds is 8. The van der Waals surface area contributed by atoms with Gasteiger partial charge in [0.1, 0.15) is 6.04 Å².